The number of fused-ring (bicyclic) bond motifs is 6. The van der Waals surface area contributed by atoms with E-state index in [2.05, 4.69) is 298 Å². The standard InChI is InChI=1S/C72H54N4/c1-5-17-51(18-6-1)53-29-37-59(38-30-53)73(63-45-47-71-67(49-63)65-25-13-15-27-69(65)75(71)57-21-9-3-10-22-57)61-41-33-55(34-42-61)56-35-43-62(44-36-56)74(60-39-31-54(32-40-60)52-19-7-2-8-20-52)64-46-48-72-68(50-64)66-26-14-16-28-70(66)76(72)58-23-11-4-12-24-58/h1-33,35,37-41,43,45-50H,34,36,42,44H2. The Morgan fingerprint density at radius 1 is 0.250 bits per heavy atom. The molecular weight excluding hydrogens is 921 g/mol. The number of rotatable bonds is 11. The molecule has 2 aliphatic rings. The van der Waals surface area contributed by atoms with Crippen molar-refractivity contribution in [2.24, 2.45) is 0 Å². The highest BCUT2D eigenvalue weighted by Gasteiger charge is 2.24. The van der Waals surface area contributed by atoms with Crippen molar-refractivity contribution < 1.29 is 0 Å². The number of benzene rings is 10. The van der Waals surface area contributed by atoms with Crippen LogP contribution >= 0.6 is 0 Å². The Morgan fingerprint density at radius 3 is 0.961 bits per heavy atom. The average Bonchev–Trinajstić information content (AvgIpc) is 4.04. The molecule has 0 amide bonds. The van der Waals surface area contributed by atoms with E-state index in [1.165, 1.54) is 88.4 Å². The van der Waals surface area contributed by atoms with Crippen LogP contribution in [0.25, 0.3) is 77.2 Å². The molecule has 0 N–H and O–H groups in total. The van der Waals surface area contributed by atoms with Crippen molar-refractivity contribution in [1.82, 2.24) is 9.13 Å². The lowest BCUT2D eigenvalue weighted by Crippen LogP contribution is -2.19. The molecule has 2 aromatic heterocycles. The summed E-state index contributed by atoms with van der Waals surface area (Å²) in [4.78, 5) is 4.97. The second-order valence-electron chi connectivity index (χ2n) is 20.0. The largest absolute Gasteiger partial charge is 0.314 e. The first-order chi connectivity index (χ1) is 37.7. The highest BCUT2D eigenvalue weighted by Crippen LogP contribution is 2.44. The third kappa shape index (κ3) is 8.12. The Balaban J connectivity index is 0.836. The van der Waals surface area contributed by atoms with Crippen LogP contribution in [0.2, 0.25) is 0 Å². The summed E-state index contributed by atoms with van der Waals surface area (Å²) in [5.41, 5.74) is 22.0. The SMILES string of the molecule is C1=C(C2=CC=C(N(c3ccc(-c4ccccc4)cc3)c3ccc4c(c3)c3ccccc3n4-c3ccccc3)CC2)CCC(N(c2ccc(-c3ccccc3)cc2)c2ccc3c(c2)c2ccccc2n3-c2ccccc2)=C1. The van der Waals surface area contributed by atoms with Crippen molar-refractivity contribution in [3.63, 3.8) is 0 Å². The number of hydrogen-bond donors (Lipinski definition) is 0. The first-order valence-electron chi connectivity index (χ1n) is 26.6. The van der Waals surface area contributed by atoms with Crippen LogP contribution in [0.4, 0.5) is 22.7 Å². The maximum absolute atomic E-state index is 2.48. The lowest BCUT2D eigenvalue weighted by atomic mass is 9.89. The summed E-state index contributed by atoms with van der Waals surface area (Å²) in [6, 6.07) is 92.6. The second-order valence-corrected chi connectivity index (χ2v) is 20.0. The summed E-state index contributed by atoms with van der Waals surface area (Å²) >= 11 is 0. The molecule has 362 valence electrons. The molecule has 0 unspecified atom stereocenters. The Morgan fingerprint density at radius 2 is 0.579 bits per heavy atom. The van der Waals surface area contributed by atoms with Gasteiger partial charge in [0, 0.05) is 67.1 Å². The molecule has 10 aromatic carbocycles. The Labute approximate surface area is 444 Å². The monoisotopic (exact) mass is 974 g/mol. The fourth-order valence-electron chi connectivity index (χ4n) is 11.9. The van der Waals surface area contributed by atoms with E-state index in [0.29, 0.717) is 0 Å². The van der Waals surface area contributed by atoms with Crippen molar-refractivity contribution in [2.45, 2.75) is 25.7 Å². The molecule has 2 heterocycles. The fourth-order valence-corrected chi connectivity index (χ4v) is 11.9. The number of para-hydroxylation sites is 4. The van der Waals surface area contributed by atoms with Crippen molar-refractivity contribution in [1.29, 1.82) is 0 Å². The van der Waals surface area contributed by atoms with E-state index in [4.69, 9.17) is 0 Å². The highest BCUT2D eigenvalue weighted by atomic mass is 15.2. The third-order valence-electron chi connectivity index (χ3n) is 15.6. The molecule has 0 bridgehead atoms. The summed E-state index contributed by atoms with van der Waals surface area (Å²) in [5, 5.41) is 4.98. The van der Waals surface area contributed by atoms with E-state index in [-0.39, 0.29) is 0 Å². The van der Waals surface area contributed by atoms with Crippen LogP contribution in [0.1, 0.15) is 25.7 Å². The Kier molecular flexibility index (Phi) is 11.4. The smallest absolute Gasteiger partial charge is 0.0542 e. The van der Waals surface area contributed by atoms with Gasteiger partial charge < -0.3 is 18.9 Å². The lowest BCUT2D eigenvalue weighted by Gasteiger charge is -2.32. The van der Waals surface area contributed by atoms with Crippen LogP contribution in [0.5, 0.6) is 0 Å². The van der Waals surface area contributed by atoms with E-state index in [1.54, 1.807) is 0 Å². The van der Waals surface area contributed by atoms with Gasteiger partial charge in [-0.1, -0.05) is 170 Å². The predicted octanol–water partition coefficient (Wildman–Crippen LogP) is 19.4. The molecule has 0 aliphatic heterocycles. The van der Waals surface area contributed by atoms with Gasteiger partial charge in [0.2, 0.25) is 0 Å². The number of aromatic nitrogens is 2. The van der Waals surface area contributed by atoms with Gasteiger partial charge in [-0.25, -0.2) is 0 Å². The number of allylic oxidation sites excluding steroid dienone is 8. The van der Waals surface area contributed by atoms with Gasteiger partial charge in [-0.15, -0.1) is 0 Å². The normalized spacial score (nSPS) is 13.6. The van der Waals surface area contributed by atoms with E-state index >= 15 is 0 Å². The van der Waals surface area contributed by atoms with Crippen LogP contribution < -0.4 is 9.80 Å². The van der Waals surface area contributed by atoms with Crippen LogP contribution in [0, 0.1) is 0 Å². The molecule has 0 fully saturated rings. The minimum Gasteiger partial charge on any atom is -0.314 e. The minimum atomic E-state index is 0.917. The van der Waals surface area contributed by atoms with E-state index in [1.807, 2.05) is 0 Å². The van der Waals surface area contributed by atoms with Crippen LogP contribution in [-0.2, 0) is 0 Å². The zero-order valence-corrected chi connectivity index (χ0v) is 42.2. The zero-order chi connectivity index (χ0) is 50.4. The van der Waals surface area contributed by atoms with Gasteiger partial charge in [0.05, 0.1) is 22.1 Å². The molecule has 0 saturated heterocycles. The molecule has 4 nitrogen and oxygen atoms in total. The summed E-state index contributed by atoms with van der Waals surface area (Å²) < 4.78 is 4.79. The van der Waals surface area contributed by atoms with Gasteiger partial charge in [-0.3, -0.25) is 0 Å². The minimum absolute atomic E-state index is 0.917. The molecule has 2 aliphatic carbocycles. The number of hydrogen-bond acceptors (Lipinski definition) is 2. The maximum atomic E-state index is 2.48. The second kappa shape index (κ2) is 19.3. The molecule has 0 spiro atoms. The summed E-state index contributed by atoms with van der Waals surface area (Å²) in [6.07, 6.45) is 13.3. The predicted molar refractivity (Wildman–Crippen MR) is 320 cm³/mol. The summed E-state index contributed by atoms with van der Waals surface area (Å²) in [5.74, 6) is 0. The topological polar surface area (TPSA) is 16.3 Å². The first kappa shape index (κ1) is 45.0. The van der Waals surface area contributed by atoms with Gasteiger partial charge >= 0.3 is 0 Å². The van der Waals surface area contributed by atoms with Gasteiger partial charge in [-0.05, 0) is 168 Å². The van der Waals surface area contributed by atoms with Crippen molar-refractivity contribution in [3.8, 4) is 33.6 Å². The average molecular weight is 975 g/mol. The molecule has 4 heteroatoms. The maximum Gasteiger partial charge on any atom is 0.0542 e. The van der Waals surface area contributed by atoms with E-state index in [9.17, 15) is 0 Å². The highest BCUT2D eigenvalue weighted by molar-refractivity contribution is 6.11. The molecule has 0 radical (unpaired) electrons. The third-order valence-corrected chi connectivity index (χ3v) is 15.6. The number of anilines is 4. The van der Waals surface area contributed by atoms with E-state index < -0.39 is 0 Å². The molecule has 12 aromatic rings. The Hall–Kier alpha value is -9.64. The lowest BCUT2D eigenvalue weighted by molar-refractivity contribution is 0.828. The Bertz CT molecular complexity index is 3960. The van der Waals surface area contributed by atoms with Gasteiger partial charge in [0.15, 0.2) is 0 Å². The van der Waals surface area contributed by atoms with Gasteiger partial charge in [0.1, 0.15) is 0 Å². The quantitative estimate of drug-likeness (QED) is 0.128. The van der Waals surface area contributed by atoms with Crippen molar-refractivity contribution >= 4 is 66.4 Å². The summed E-state index contributed by atoms with van der Waals surface area (Å²) in [7, 11) is 0. The molecule has 14 rings (SSSR count). The van der Waals surface area contributed by atoms with Crippen molar-refractivity contribution in [3.05, 3.63) is 302 Å². The van der Waals surface area contributed by atoms with Crippen molar-refractivity contribution in [2.75, 3.05) is 9.80 Å². The molecule has 0 atom stereocenters. The molecule has 76 heavy (non-hydrogen) atoms. The first-order valence-corrected chi connectivity index (χ1v) is 26.6. The van der Waals surface area contributed by atoms with E-state index in [0.717, 1.165) is 59.8 Å². The van der Waals surface area contributed by atoms with Crippen LogP contribution in [0.15, 0.2) is 302 Å². The molecule has 0 saturated carbocycles. The fraction of sp³-hybridized carbons (Fsp3) is 0.0556. The van der Waals surface area contributed by atoms with Gasteiger partial charge in [-0.2, -0.15) is 0 Å². The van der Waals surface area contributed by atoms with Gasteiger partial charge in [0.25, 0.3) is 0 Å². The van der Waals surface area contributed by atoms with Crippen LogP contribution in [-0.4, -0.2) is 9.13 Å². The van der Waals surface area contributed by atoms with Crippen LogP contribution in [0.3, 0.4) is 0 Å². The number of nitrogens with zero attached hydrogens (tertiary/aromatic N) is 4. The zero-order valence-electron chi connectivity index (χ0n) is 42.2. The summed E-state index contributed by atoms with van der Waals surface area (Å²) in [6.45, 7) is 0. The molecular formula is C72H54N4.